The Kier molecular flexibility index (Phi) is 5.65. The lowest BCUT2D eigenvalue weighted by Gasteiger charge is -2.23. The number of nitrogens with zero attached hydrogens (tertiary/aromatic N) is 4. The second kappa shape index (κ2) is 6.81. The Morgan fingerprint density at radius 3 is 2.50 bits per heavy atom. The number of tetrazole rings is 1. The molecule has 0 aliphatic rings. The summed E-state index contributed by atoms with van der Waals surface area (Å²) in [5, 5.41) is 21.0. The van der Waals surface area contributed by atoms with Crippen LogP contribution >= 0.6 is 0 Å². The van der Waals surface area contributed by atoms with Gasteiger partial charge in [-0.1, -0.05) is 34.6 Å². The van der Waals surface area contributed by atoms with Crippen LogP contribution in [0, 0.1) is 17.3 Å². The molecule has 0 bridgehead atoms. The van der Waals surface area contributed by atoms with E-state index in [0.29, 0.717) is 18.9 Å². The van der Waals surface area contributed by atoms with Gasteiger partial charge in [0.2, 0.25) is 0 Å². The van der Waals surface area contributed by atoms with E-state index in [1.54, 1.807) is 4.68 Å². The van der Waals surface area contributed by atoms with Crippen molar-refractivity contribution in [1.82, 2.24) is 20.2 Å². The van der Waals surface area contributed by atoms with Crippen molar-refractivity contribution in [3.63, 3.8) is 0 Å². The second-order valence-electron chi connectivity index (χ2n) is 7.01. The zero-order valence-electron chi connectivity index (χ0n) is 13.1. The summed E-state index contributed by atoms with van der Waals surface area (Å²) in [6, 6.07) is 0. The van der Waals surface area contributed by atoms with Crippen molar-refractivity contribution < 1.29 is 9.90 Å². The minimum absolute atomic E-state index is 0.0326. The van der Waals surface area contributed by atoms with Gasteiger partial charge in [-0.15, -0.1) is 5.10 Å². The summed E-state index contributed by atoms with van der Waals surface area (Å²) in [4.78, 5) is 11.4. The van der Waals surface area contributed by atoms with Gasteiger partial charge in [-0.25, -0.2) is 4.68 Å². The molecule has 0 radical (unpaired) electrons. The lowest BCUT2D eigenvalue weighted by atomic mass is 9.84. The van der Waals surface area contributed by atoms with Gasteiger partial charge in [0.25, 0.3) is 0 Å². The van der Waals surface area contributed by atoms with Gasteiger partial charge in [-0.3, -0.25) is 4.79 Å². The quantitative estimate of drug-likeness (QED) is 0.830. The van der Waals surface area contributed by atoms with Crippen molar-refractivity contribution in [2.24, 2.45) is 17.3 Å². The van der Waals surface area contributed by atoms with Crippen LogP contribution in [0.5, 0.6) is 0 Å². The van der Waals surface area contributed by atoms with Crippen LogP contribution in [0.3, 0.4) is 0 Å². The van der Waals surface area contributed by atoms with Crippen LogP contribution in [0.2, 0.25) is 0 Å². The molecule has 1 rings (SSSR count). The van der Waals surface area contributed by atoms with Gasteiger partial charge in [0, 0.05) is 6.42 Å². The number of hydrogen-bond donors (Lipinski definition) is 1. The normalized spacial score (nSPS) is 13.7. The van der Waals surface area contributed by atoms with Crippen molar-refractivity contribution in [3.05, 3.63) is 5.82 Å². The molecule has 1 aromatic heterocycles. The fourth-order valence-electron chi connectivity index (χ4n) is 2.14. The summed E-state index contributed by atoms with van der Waals surface area (Å²) in [5.74, 6) is 0.102. The number of carboxylic acids is 1. The highest BCUT2D eigenvalue weighted by Gasteiger charge is 2.26. The number of hydrogen-bond acceptors (Lipinski definition) is 4. The van der Waals surface area contributed by atoms with E-state index in [2.05, 4.69) is 29.4 Å². The molecule has 0 saturated carbocycles. The van der Waals surface area contributed by atoms with Gasteiger partial charge >= 0.3 is 5.97 Å². The number of aromatic nitrogens is 4. The molecule has 1 unspecified atom stereocenters. The van der Waals surface area contributed by atoms with E-state index in [1.165, 1.54) is 0 Å². The van der Waals surface area contributed by atoms with Gasteiger partial charge in [-0.05, 0) is 34.6 Å². The monoisotopic (exact) mass is 282 g/mol. The highest BCUT2D eigenvalue weighted by Crippen LogP contribution is 2.25. The number of aliphatic carboxylic acids is 1. The average molecular weight is 282 g/mol. The summed E-state index contributed by atoms with van der Waals surface area (Å²) in [6.07, 6.45) is 2.38. The van der Waals surface area contributed by atoms with Gasteiger partial charge < -0.3 is 5.11 Å². The van der Waals surface area contributed by atoms with E-state index in [-0.39, 0.29) is 5.41 Å². The predicted octanol–water partition coefficient (Wildman–Crippen LogP) is 2.40. The molecule has 0 spiro atoms. The number of carboxylic acid groups (broad SMARTS) is 1. The molecule has 0 fully saturated rings. The van der Waals surface area contributed by atoms with Crippen LogP contribution < -0.4 is 0 Å². The first-order valence-corrected chi connectivity index (χ1v) is 7.17. The lowest BCUT2D eigenvalue weighted by Crippen LogP contribution is -2.26. The fraction of sp³-hybridized carbons (Fsp3) is 0.857. The van der Waals surface area contributed by atoms with Crippen LogP contribution in [0.15, 0.2) is 0 Å². The van der Waals surface area contributed by atoms with E-state index in [9.17, 15) is 9.90 Å². The SMILES string of the molecule is CC(C)CCc1nnnn1CC(CC(C)(C)C)C(=O)O. The van der Waals surface area contributed by atoms with Crippen molar-refractivity contribution in [1.29, 1.82) is 0 Å². The Balaban J connectivity index is 2.74. The Morgan fingerprint density at radius 2 is 2.00 bits per heavy atom. The number of aryl methyl sites for hydroxylation is 1. The van der Waals surface area contributed by atoms with Crippen molar-refractivity contribution >= 4 is 5.97 Å². The molecule has 0 aliphatic carbocycles. The molecule has 1 N–H and O–H groups in total. The first-order valence-electron chi connectivity index (χ1n) is 7.17. The summed E-state index contributed by atoms with van der Waals surface area (Å²) < 4.78 is 1.65. The predicted molar refractivity (Wildman–Crippen MR) is 76.2 cm³/mol. The van der Waals surface area contributed by atoms with E-state index in [4.69, 9.17) is 0 Å². The largest absolute Gasteiger partial charge is 0.481 e. The van der Waals surface area contributed by atoms with Crippen LogP contribution in [0.4, 0.5) is 0 Å². The molecular formula is C14H26N4O2. The minimum atomic E-state index is -0.787. The highest BCUT2D eigenvalue weighted by molar-refractivity contribution is 5.69. The molecule has 20 heavy (non-hydrogen) atoms. The van der Waals surface area contributed by atoms with Crippen molar-refractivity contribution in [3.8, 4) is 0 Å². The molecule has 6 heteroatoms. The summed E-state index contributed by atoms with van der Waals surface area (Å²) in [5.41, 5.74) is -0.0326. The fourth-order valence-corrected chi connectivity index (χ4v) is 2.14. The molecule has 114 valence electrons. The van der Waals surface area contributed by atoms with Gasteiger partial charge in [0.1, 0.15) is 0 Å². The lowest BCUT2D eigenvalue weighted by molar-refractivity contribution is -0.143. The summed E-state index contributed by atoms with van der Waals surface area (Å²) in [7, 11) is 0. The maximum absolute atomic E-state index is 11.4. The van der Waals surface area contributed by atoms with E-state index < -0.39 is 11.9 Å². The third kappa shape index (κ3) is 5.67. The van der Waals surface area contributed by atoms with E-state index in [0.717, 1.165) is 18.7 Å². The zero-order chi connectivity index (χ0) is 15.3. The molecular weight excluding hydrogens is 256 g/mol. The standard InChI is InChI=1S/C14H26N4O2/c1-10(2)6-7-12-15-16-17-18(12)9-11(13(19)20)8-14(3,4)5/h10-11H,6-9H2,1-5H3,(H,19,20). The first kappa shape index (κ1) is 16.6. The number of rotatable bonds is 7. The molecule has 1 heterocycles. The molecule has 0 amide bonds. The molecule has 1 atom stereocenters. The van der Waals surface area contributed by atoms with Crippen LogP contribution in [-0.2, 0) is 17.8 Å². The van der Waals surface area contributed by atoms with Gasteiger partial charge in [0.15, 0.2) is 5.82 Å². The van der Waals surface area contributed by atoms with Crippen LogP contribution in [-0.4, -0.2) is 31.3 Å². The highest BCUT2D eigenvalue weighted by atomic mass is 16.4. The third-order valence-electron chi connectivity index (χ3n) is 3.15. The van der Waals surface area contributed by atoms with Gasteiger partial charge in [-0.2, -0.15) is 0 Å². The zero-order valence-corrected chi connectivity index (χ0v) is 13.1. The Morgan fingerprint density at radius 1 is 1.35 bits per heavy atom. The maximum atomic E-state index is 11.4. The van der Waals surface area contributed by atoms with E-state index in [1.807, 2.05) is 20.8 Å². The number of carbonyl (C=O) groups is 1. The molecule has 0 saturated heterocycles. The molecule has 0 aliphatic heterocycles. The van der Waals surface area contributed by atoms with Crippen molar-refractivity contribution in [2.45, 2.75) is 60.4 Å². The molecule has 0 aromatic carbocycles. The summed E-state index contributed by atoms with van der Waals surface area (Å²) >= 11 is 0. The summed E-state index contributed by atoms with van der Waals surface area (Å²) in [6.45, 7) is 10.8. The average Bonchev–Trinajstić information content (AvgIpc) is 2.71. The third-order valence-corrected chi connectivity index (χ3v) is 3.15. The van der Waals surface area contributed by atoms with Crippen LogP contribution in [0.1, 0.15) is 53.3 Å². The van der Waals surface area contributed by atoms with Crippen LogP contribution in [0.25, 0.3) is 0 Å². The Labute approximate surface area is 120 Å². The van der Waals surface area contributed by atoms with Crippen molar-refractivity contribution in [2.75, 3.05) is 0 Å². The minimum Gasteiger partial charge on any atom is -0.481 e. The smallest absolute Gasteiger partial charge is 0.308 e. The van der Waals surface area contributed by atoms with E-state index >= 15 is 0 Å². The first-order chi connectivity index (χ1) is 9.19. The Hall–Kier alpha value is -1.46. The maximum Gasteiger partial charge on any atom is 0.308 e. The second-order valence-corrected chi connectivity index (χ2v) is 7.01. The topological polar surface area (TPSA) is 80.9 Å². The Bertz CT molecular complexity index is 435. The molecule has 1 aromatic rings. The van der Waals surface area contributed by atoms with Gasteiger partial charge in [0.05, 0.1) is 12.5 Å². The molecule has 6 nitrogen and oxygen atoms in total.